The van der Waals surface area contributed by atoms with Crippen LogP contribution in [-0.4, -0.2) is 23.4 Å². The lowest BCUT2D eigenvalue weighted by atomic mass is 9.76. The van der Waals surface area contributed by atoms with Crippen LogP contribution in [0, 0.1) is 5.92 Å². The second kappa shape index (κ2) is 5.14. The lowest BCUT2D eigenvalue weighted by molar-refractivity contribution is -0.138. The van der Waals surface area contributed by atoms with Gasteiger partial charge in [0.15, 0.2) is 0 Å². The molecule has 0 spiro atoms. The number of amides is 1. The summed E-state index contributed by atoms with van der Waals surface area (Å²) in [6, 6.07) is 1.87. The molecule has 1 aromatic rings. The van der Waals surface area contributed by atoms with E-state index >= 15 is 0 Å². The zero-order valence-corrected chi connectivity index (χ0v) is 11.2. The van der Waals surface area contributed by atoms with Gasteiger partial charge in [0.1, 0.15) is 0 Å². The summed E-state index contributed by atoms with van der Waals surface area (Å²) in [5, 5.41) is 0. The summed E-state index contributed by atoms with van der Waals surface area (Å²) in [4.78, 5) is 14.2. The average molecular weight is 250 g/mol. The van der Waals surface area contributed by atoms with Crippen LogP contribution in [0.3, 0.4) is 0 Å². The van der Waals surface area contributed by atoms with Gasteiger partial charge < -0.3 is 15.1 Å². The van der Waals surface area contributed by atoms with Crippen molar-refractivity contribution in [1.82, 2.24) is 4.90 Å². The smallest absolute Gasteiger partial charge is 0.242 e. The van der Waals surface area contributed by atoms with E-state index in [0.29, 0.717) is 12.5 Å². The van der Waals surface area contributed by atoms with E-state index in [2.05, 4.69) is 6.92 Å². The topological polar surface area (TPSA) is 59.5 Å². The van der Waals surface area contributed by atoms with Crippen molar-refractivity contribution in [2.45, 2.75) is 44.7 Å². The summed E-state index contributed by atoms with van der Waals surface area (Å²) in [6.07, 6.45) is 7.10. The molecular weight excluding hydrogens is 228 g/mol. The normalized spacial score (nSPS) is 28.1. The van der Waals surface area contributed by atoms with Crippen LogP contribution in [0.5, 0.6) is 0 Å². The van der Waals surface area contributed by atoms with Gasteiger partial charge in [-0.25, -0.2) is 0 Å². The molecule has 2 rings (SSSR count). The van der Waals surface area contributed by atoms with Gasteiger partial charge in [0, 0.05) is 19.2 Å². The van der Waals surface area contributed by atoms with Gasteiger partial charge in [0.05, 0.1) is 18.1 Å². The Morgan fingerprint density at radius 3 is 3.06 bits per heavy atom. The summed E-state index contributed by atoms with van der Waals surface area (Å²) in [7, 11) is 1.81. The fourth-order valence-corrected chi connectivity index (χ4v) is 2.89. The summed E-state index contributed by atoms with van der Waals surface area (Å²) in [5.41, 5.74) is 6.64. The van der Waals surface area contributed by atoms with Gasteiger partial charge >= 0.3 is 0 Å². The molecule has 0 aromatic carbocycles. The van der Waals surface area contributed by atoms with Crippen molar-refractivity contribution < 1.29 is 9.21 Å². The molecule has 1 amide bonds. The highest BCUT2D eigenvalue weighted by molar-refractivity contribution is 5.86. The number of nitrogens with zero attached hydrogens (tertiary/aromatic N) is 1. The highest BCUT2D eigenvalue weighted by Crippen LogP contribution is 2.31. The van der Waals surface area contributed by atoms with Gasteiger partial charge in [-0.1, -0.05) is 19.8 Å². The molecule has 4 heteroatoms. The fraction of sp³-hybridized carbons (Fsp3) is 0.643. The Balaban J connectivity index is 2.01. The molecule has 100 valence electrons. The van der Waals surface area contributed by atoms with Crippen molar-refractivity contribution in [2.75, 3.05) is 7.05 Å². The summed E-state index contributed by atoms with van der Waals surface area (Å²) < 4.78 is 5.01. The van der Waals surface area contributed by atoms with E-state index in [0.717, 1.165) is 24.8 Å². The van der Waals surface area contributed by atoms with Crippen LogP contribution in [-0.2, 0) is 11.3 Å². The highest BCUT2D eigenvalue weighted by Gasteiger charge is 2.39. The molecule has 0 bridgehead atoms. The van der Waals surface area contributed by atoms with Gasteiger partial charge in [-0.2, -0.15) is 0 Å². The van der Waals surface area contributed by atoms with Crippen molar-refractivity contribution in [3.8, 4) is 0 Å². The molecule has 1 heterocycles. The minimum Gasteiger partial charge on any atom is -0.472 e. The first-order valence-corrected chi connectivity index (χ1v) is 6.57. The number of rotatable bonds is 3. The van der Waals surface area contributed by atoms with Gasteiger partial charge in [-0.15, -0.1) is 0 Å². The van der Waals surface area contributed by atoms with Crippen molar-refractivity contribution in [2.24, 2.45) is 11.7 Å². The molecule has 0 aliphatic heterocycles. The first-order chi connectivity index (χ1) is 8.51. The van der Waals surface area contributed by atoms with E-state index in [1.54, 1.807) is 17.4 Å². The van der Waals surface area contributed by atoms with Crippen LogP contribution in [0.2, 0.25) is 0 Å². The van der Waals surface area contributed by atoms with Crippen molar-refractivity contribution in [3.63, 3.8) is 0 Å². The molecule has 2 atom stereocenters. The Morgan fingerprint density at radius 2 is 2.44 bits per heavy atom. The largest absolute Gasteiger partial charge is 0.472 e. The second-order valence-corrected chi connectivity index (χ2v) is 5.65. The molecule has 1 aromatic heterocycles. The maximum atomic E-state index is 12.5. The Kier molecular flexibility index (Phi) is 3.76. The van der Waals surface area contributed by atoms with E-state index in [1.807, 2.05) is 13.1 Å². The number of hydrogen-bond donors (Lipinski definition) is 1. The van der Waals surface area contributed by atoms with Crippen LogP contribution in [0.1, 0.15) is 38.2 Å². The maximum absolute atomic E-state index is 12.5. The van der Waals surface area contributed by atoms with Crippen molar-refractivity contribution in [3.05, 3.63) is 24.2 Å². The summed E-state index contributed by atoms with van der Waals surface area (Å²) in [6.45, 7) is 2.73. The Morgan fingerprint density at radius 1 is 1.67 bits per heavy atom. The molecule has 1 aliphatic carbocycles. The first-order valence-electron chi connectivity index (χ1n) is 6.57. The third-order valence-corrected chi connectivity index (χ3v) is 3.80. The van der Waals surface area contributed by atoms with Gasteiger partial charge in [0.25, 0.3) is 0 Å². The predicted octanol–water partition coefficient (Wildman–Crippen LogP) is 2.15. The molecular formula is C14H22N2O2. The average Bonchev–Trinajstić information content (AvgIpc) is 2.80. The van der Waals surface area contributed by atoms with Gasteiger partial charge in [0.2, 0.25) is 5.91 Å². The molecule has 2 unspecified atom stereocenters. The van der Waals surface area contributed by atoms with E-state index in [1.165, 1.54) is 6.42 Å². The number of hydrogen-bond acceptors (Lipinski definition) is 3. The minimum atomic E-state index is -0.670. The zero-order chi connectivity index (χ0) is 13.2. The number of carbonyl (C=O) groups is 1. The first kappa shape index (κ1) is 13.1. The van der Waals surface area contributed by atoms with Crippen LogP contribution in [0.25, 0.3) is 0 Å². The molecule has 18 heavy (non-hydrogen) atoms. The van der Waals surface area contributed by atoms with E-state index in [4.69, 9.17) is 10.2 Å². The Bertz CT molecular complexity index is 402. The molecule has 0 radical (unpaired) electrons. The van der Waals surface area contributed by atoms with Gasteiger partial charge in [-0.05, 0) is 24.8 Å². The number of nitrogens with two attached hydrogens (primary N) is 1. The second-order valence-electron chi connectivity index (χ2n) is 5.65. The van der Waals surface area contributed by atoms with Crippen LogP contribution in [0.4, 0.5) is 0 Å². The summed E-state index contributed by atoms with van der Waals surface area (Å²) in [5.74, 6) is 0.588. The molecule has 0 saturated heterocycles. The molecule has 1 aliphatic rings. The fourth-order valence-electron chi connectivity index (χ4n) is 2.89. The number of carbonyl (C=O) groups excluding carboxylic acids is 1. The SMILES string of the molecule is CC1CCCC(N)(C(=O)N(C)Cc2ccoc2)C1. The highest BCUT2D eigenvalue weighted by atomic mass is 16.3. The van der Waals surface area contributed by atoms with Gasteiger partial charge in [-0.3, -0.25) is 4.79 Å². The third-order valence-electron chi connectivity index (χ3n) is 3.80. The monoisotopic (exact) mass is 250 g/mol. The maximum Gasteiger partial charge on any atom is 0.242 e. The molecule has 1 fully saturated rings. The third kappa shape index (κ3) is 2.75. The number of likely N-dealkylation sites (N-methyl/N-ethyl adjacent to an activating group) is 1. The lowest BCUT2D eigenvalue weighted by Gasteiger charge is -2.38. The van der Waals surface area contributed by atoms with E-state index in [-0.39, 0.29) is 5.91 Å². The molecule has 1 saturated carbocycles. The van der Waals surface area contributed by atoms with E-state index in [9.17, 15) is 4.79 Å². The summed E-state index contributed by atoms with van der Waals surface area (Å²) >= 11 is 0. The molecule has 2 N–H and O–H groups in total. The standard InChI is InChI=1S/C14H22N2O2/c1-11-4-3-6-14(15,8-11)13(17)16(2)9-12-5-7-18-10-12/h5,7,10-11H,3-4,6,8-9,15H2,1-2H3. The van der Waals surface area contributed by atoms with Crippen LogP contribution < -0.4 is 5.73 Å². The van der Waals surface area contributed by atoms with E-state index < -0.39 is 5.54 Å². The lowest BCUT2D eigenvalue weighted by Crippen LogP contribution is -2.56. The zero-order valence-electron chi connectivity index (χ0n) is 11.2. The van der Waals surface area contributed by atoms with Crippen LogP contribution >= 0.6 is 0 Å². The van der Waals surface area contributed by atoms with Crippen molar-refractivity contribution >= 4 is 5.91 Å². The quantitative estimate of drug-likeness (QED) is 0.894. The molecule has 4 nitrogen and oxygen atoms in total. The Hall–Kier alpha value is -1.29. The Labute approximate surface area is 108 Å². The predicted molar refractivity (Wildman–Crippen MR) is 69.7 cm³/mol. The van der Waals surface area contributed by atoms with Crippen LogP contribution in [0.15, 0.2) is 23.0 Å². The minimum absolute atomic E-state index is 0.0512. The van der Waals surface area contributed by atoms with Crippen molar-refractivity contribution in [1.29, 1.82) is 0 Å². The number of furan rings is 1.